The van der Waals surface area contributed by atoms with Crippen LogP contribution >= 0.6 is 0 Å². The van der Waals surface area contributed by atoms with Gasteiger partial charge in [0.15, 0.2) is 0 Å². The minimum absolute atomic E-state index is 0.344. The summed E-state index contributed by atoms with van der Waals surface area (Å²) in [6, 6.07) is 0.597. The predicted octanol–water partition coefficient (Wildman–Crippen LogP) is 1.22. The van der Waals surface area contributed by atoms with Gasteiger partial charge < -0.3 is 10.5 Å². The Kier molecular flexibility index (Phi) is 5.45. The molecule has 0 radical (unpaired) electrons. The number of rotatable bonds is 5. The van der Waals surface area contributed by atoms with Crippen molar-refractivity contribution in [1.82, 2.24) is 4.90 Å². The molecule has 1 heterocycles. The summed E-state index contributed by atoms with van der Waals surface area (Å²) in [7, 11) is 0. The summed E-state index contributed by atoms with van der Waals surface area (Å²) in [5.41, 5.74) is 5.74. The van der Waals surface area contributed by atoms with E-state index in [1.165, 1.54) is 25.8 Å². The Morgan fingerprint density at radius 1 is 1.43 bits per heavy atom. The molecule has 1 atom stereocenters. The summed E-state index contributed by atoms with van der Waals surface area (Å²) in [6.45, 7) is 8.03. The van der Waals surface area contributed by atoms with E-state index in [0.717, 1.165) is 19.7 Å². The van der Waals surface area contributed by atoms with Gasteiger partial charge >= 0.3 is 0 Å². The van der Waals surface area contributed by atoms with Gasteiger partial charge in [0.25, 0.3) is 0 Å². The molecule has 3 heteroatoms. The Bertz CT molecular complexity index is 150. The molecule has 0 bridgehead atoms. The lowest BCUT2D eigenvalue weighted by molar-refractivity contribution is 0.0415. The maximum absolute atomic E-state index is 5.74. The average molecular weight is 200 g/mol. The second-order valence-corrected chi connectivity index (χ2v) is 4.34. The highest BCUT2D eigenvalue weighted by molar-refractivity contribution is 4.77. The third-order valence-corrected chi connectivity index (χ3v) is 2.85. The van der Waals surface area contributed by atoms with Crippen molar-refractivity contribution in [2.24, 2.45) is 5.73 Å². The summed E-state index contributed by atoms with van der Waals surface area (Å²) in [5, 5.41) is 0. The first-order chi connectivity index (χ1) is 6.74. The molecule has 1 aliphatic rings. The average Bonchev–Trinajstić information content (AvgIpc) is 2.18. The Labute approximate surface area is 87.6 Å². The monoisotopic (exact) mass is 200 g/mol. The van der Waals surface area contributed by atoms with Crippen LogP contribution in [-0.4, -0.2) is 43.3 Å². The van der Waals surface area contributed by atoms with Crippen molar-refractivity contribution < 1.29 is 4.74 Å². The topological polar surface area (TPSA) is 38.5 Å². The lowest BCUT2D eigenvalue weighted by Gasteiger charge is -2.34. The molecule has 1 saturated heterocycles. The molecular weight excluding hydrogens is 176 g/mol. The zero-order valence-electron chi connectivity index (χ0n) is 9.54. The molecule has 0 amide bonds. The number of nitrogens with two attached hydrogens (primary N) is 1. The number of piperidine rings is 1. The summed E-state index contributed by atoms with van der Waals surface area (Å²) < 4.78 is 5.55. The van der Waals surface area contributed by atoms with E-state index in [0.29, 0.717) is 12.1 Å². The van der Waals surface area contributed by atoms with Crippen molar-refractivity contribution in [3.05, 3.63) is 0 Å². The van der Waals surface area contributed by atoms with Crippen LogP contribution in [0.5, 0.6) is 0 Å². The molecule has 1 fully saturated rings. The molecule has 14 heavy (non-hydrogen) atoms. The van der Waals surface area contributed by atoms with Gasteiger partial charge in [-0.05, 0) is 33.2 Å². The van der Waals surface area contributed by atoms with E-state index in [9.17, 15) is 0 Å². The zero-order chi connectivity index (χ0) is 10.4. The highest BCUT2D eigenvalue weighted by Crippen LogP contribution is 2.15. The number of nitrogens with zero attached hydrogens (tertiary/aromatic N) is 1. The van der Waals surface area contributed by atoms with Gasteiger partial charge in [-0.25, -0.2) is 0 Å². The van der Waals surface area contributed by atoms with Gasteiger partial charge in [0.1, 0.15) is 0 Å². The van der Waals surface area contributed by atoms with Crippen LogP contribution < -0.4 is 5.73 Å². The van der Waals surface area contributed by atoms with Crippen molar-refractivity contribution in [2.75, 3.05) is 26.2 Å². The summed E-state index contributed by atoms with van der Waals surface area (Å²) in [6.07, 6.45) is 4.26. The third-order valence-electron chi connectivity index (χ3n) is 2.85. The Morgan fingerprint density at radius 3 is 2.86 bits per heavy atom. The van der Waals surface area contributed by atoms with E-state index in [4.69, 9.17) is 10.5 Å². The highest BCUT2D eigenvalue weighted by atomic mass is 16.5. The first-order valence-electron chi connectivity index (χ1n) is 5.79. The first kappa shape index (κ1) is 12.0. The Hall–Kier alpha value is -0.120. The molecule has 84 valence electrons. The molecule has 0 aliphatic carbocycles. The predicted molar refractivity (Wildman–Crippen MR) is 59.4 cm³/mol. The fourth-order valence-corrected chi connectivity index (χ4v) is 2.03. The quantitative estimate of drug-likeness (QED) is 0.725. The largest absolute Gasteiger partial charge is 0.377 e. The lowest BCUT2D eigenvalue weighted by atomic mass is 10.0. The molecule has 3 nitrogen and oxygen atoms in total. The van der Waals surface area contributed by atoms with Crippen molar-refractivity contribution in [3.8, 4) is 0 Å². The normalized spacial score (nSPS) is 24.4. The second kappa shape index (κ2) is 6.38. The zero-order valence-corrected chi connectivity index (χ0v) is 9.54. The molecule has 2 N–H and O–H groups in total. The lowest BCUT2D eigenvalue weighted by Crippen LogP contribution is -2.45. The van der Waals surface area contributed by atoms with Crippen LogP contribution in [0.15, 0.2) is 0 Å². The summed E-state index contributed by atoms with van der Waals surface area (Å²) in [4.78, 5) is 2.48. The van der Waals surface area contributed by atoms with E-state index in [1.807, 2.05) is 0 Å². The van der Waals surface area contributed by atoms with Gasteiger partial charge in [0.2, 0.25) is 0 Å². The molecule has 1 rings (SSSR count). The Morgan fingerprint density at radius 2 is 2.21 bits per heavy atom. The fraction of sp³-hybridized carbons (Fsp3) is 1.00. The first-order valence-corrected chi connectivity index (χ1v) is 5.79. The number of hydrogen-bond acceptors (Lipinski definition) is 3. The number of hydrogen-bond donors (Lipinski definition) is 1. The van der Waals surface area contributed by atoms with Crippen LogP contribution in [-0.2, 0) is 4.74 Å². The second-order valence-electron chi connectivity index (χ2n) is 4.34. The smallest absolute Gasteiger partial charge is 0.0597 e. The maximum Gasteiger partial charge on any atom is 0.0597 e. The van der Waals surface area contributed by atoms with Crippen molar-refractivity contribution in [2.45, 2.75) is 45.3 Å². The van der Waals surface area contributed by atoms with E-state index < -0.39 is 0 Å². The van der Waals surface area contributed by atoms with Gasteiger partial charge in [-0.2, -0.15) is 0 Å². The van der Waals surface area contributed by atoms with Crippen LogP contribution in [0.4, 0.5) is 0 Å². The van der Waals surface area contributed by atoms with Gasteiger partial charge in [0.05, 0.1) is 12.7 Å². The SMILES string of the molecule is CC(C)OCCN1CCCCC1CN. The van der Waals surface area contributed by atoms with Gasteiger partial charge in [-0.15, -0.1) is 0 Å². The van der Waals surface area contributed by atoms with Gasteiger partial charge in [0, 0.05) is 19.1 Å². The molecule has 0 aromatic rings. The molecular formula is C11H24N2O. The van der Waals surface area contributed by atoms with Crippen molar-refractivity contribution in [1.29, 1.82) is 0 Å². The fourth-order valence-electron chi connectivity index (χ4n) is 2.03. The molecule has 0 aromatic carbocycles. The molecule has 0 aromatic heterocycles. The van der Waals surface area contributed by atoms with E-state index in [-0.39, 0.29) is 0 Å². The Balaban J connectivity index is 2.19. The molecule has 0 spiro atoms. The van der Waals surface area contributed by atoms with E-state index in [1.54, 1.807) is 0 Å². The standard InChI is InChI=1S/C11H24N2O/c1-10(2)14-8-7-13-6-4-3-5-11(13)9-12/h10-11H,3-9,12H2,1-2H3. The summed E-state index contributed by atoms with van der Waals surface area (Å²) >= 11 is 0. The van der Waals surface area contributed by atoms with Crippen LogP contribution in [0, 0.1) is 0 Å². The van der Waals surface area contributed by atoms with E-state index in [2.05, 4.69) is 18.7 Å². The maximum atomic E-state index is 5.74. The summed E-state index contributed by atoms with van der Waals surface area (Å²) in [5.74, 6) is 0. The molecule has 1 unspecified atom stereocenters. The molecule has 1 aliphatic heterocycles. The highest BCUT2D eigenvalue weighted by Gasteiger charge is 2.20. The van der Waals surface area contributed by atoms with Crippen LogP contribution in [0.2, 0.25) is 0 Å². The van der Waals surface area contributed by atoms with Crippen LogP contribution in [0.3, 0.4) is 0 Å². The van der Waals surface area contributed by atoms with Gasteiger partial charge in [-0.1, -0.05) is 6.42 Å². The van der Waals surface area contributed by atoms with E-state index >= 15 is 0 Å². The number of ether oxygens (including phenoxy) is 1. The van der Waals surface area contributed by atoms with Crippen molar-refractivity contribution in [3.63, 3.8) is 0 Å². The van der Waals surface area contributed by atoms with Crippen LogP contribution in [0.25, 0.3) is 0 Å². The molecule has 0 saturated carbocycles. The van der Waals surface area contributed by atoms with Crippen LogP contribution in [0.1, 0.15) is 33.1 Å². The minimum atomic E-state index is 0.344. The number of likely N-dealkylation sites (tertiary alicyclic amines) is 1. The minimum Gasteiger partial charge on any atom is -0.377 e. The third kappa shape index (κ3) is 3.95. The van der Waals surface area contributed by atoms with Gasteiger partial charge in [-0.3, -0.25) is 4.90 Å². The van der Waals surface area contributed by atoms with Crippen molar-refractivity contribution >= 4 is 0 Å².